The third-order valence-corrected chi connectivity index (χ3v) is 2.72. The predicted molar refractivity (Wildman–Crippen MR) is 55.9 cm³/mol. The molecule has 16 heavy (non-hydrogen) atoms. The highest BCUT2D eigenvalue weighted by molar-refractivity contribution is 5.99. The molecule has 1 saturated heterocycles. The fourth-order valence-electron chi connectivity index (χ4n) is 1.84. The zero-order valence-electron chi connectivity index (χ0n) is 8.67. The van der Waals surface area contributed by atoms with Gasteiger partial charge in [0.2, 0.25) is 0 Å². The van der Waals surface area contributed by atoms with E-state index in [0.717, 1.165) is 25.0 Å². The molecule has 86 valence electrons. The summed E-state index contributed by atoms with van der Waals surface area (Å²) in [5.41, 5.74) is 5.53. The molecule has 5 heteroatoms. The molecule has 1 aromatic rings. The van der Waals surface area contributed by atoms with Gasteiger partial charge in [0.15, 0.2) is 11.6 Å². The maximum atomic E-state index is 13.0. The van der Waals surface area contributed by atoms with Gasteiger partial charge in [-0.25, -0.2) is 8.78 Å². The number of benzene rings is 1. The van der Waals surface area contributed by atoms with Crippen molar-refractivity contribution in [3.8, 4) is 0 Å². The van der Waals surface area contributed by atoms with Gasteiger partial charge in [-0.15, -0.1) is 0 Å². The Balaban J connectivity index is 2.32. The largest absolute Gasteiger partial charge is 0.398 e. The van der Waals surface area contributed by atoms with E-state index in [1.807, 2.05) is 0 Å². The Morgan fingerprint density at radius 1 is 1.19 bits per heavy atom. The van der Waals surface area contributed by atoms with Crippen LogP contribution in [0.5, 0.6) is 0 Å². The van der Waals surface area contributed by atoms with Crippen LogP contribution in [0, 0.1) is 11.6 Å². The van der Waals surface area contributed by atoms with Crippen molar-refractivity contribution in [2.24, 2.45) is 0 Å². The van der Waals surface area contributed by atoms with Crippen LogP contribution in [-0.4, -0.2) is 23.9 Å². The minimum absolute atomic E-state index is 0.0178. The van der Waals surface area contributed by atoms with Gasteiger partial charge in [0.1, 0.15) is 0 Å². The molecule has 0 saturated carbocycles. The number of halogens is 2. The normalized spacial score (nSPS) is 15.5. The first-order valence-corrected chi connectivity index (χ1v) is 5.13. The predicted octanol–water partition coefficient (Wildman–Crippen LogP) is 1.78. The molecule has 1 aliphatic heterocycles. The van der Waals surface area contributed by atoms with Crippen LogP contribution < -0.4 is 5.73 Å². The number of nitrogens with zero attached hydrogens (tertiary/aromatic N) is 1. The Hall–Kier alpha value is -1.65. The summed E-state index contributed by atoms with van der Waals surface area (Å²) in [5.74, 6) is -2.40. The molecule has 3 nitrogen and oxygen atoms in total. The summed E-state index contributed by atoms with van der Waals surface area (Å²) in [6.45, 7) is 1.30. The molecule has 0 atom stereocenters. The fourth-order valence-corrected chi connectivity index (χ4v) is 1.84. The van der Waals surface area contributed by atoms with E-state index in [2.05, 4.69) is 0 Å². The number of carbonyl (C=O) groups excluding carboxylic acids is 1. The number of anilines is 1. The Bertz CT molecular complexity index is 428. The molecular weight excluding hydrogens is 214 g/mol. The summed E-state index contributed by atoms with van der Waals surface area (Å²) in [6, 6.07) is 1.71. The molecule has 0 aromatic heterocycles. The molecule has 1 aromatic carbocycles. The Kier molecular flexibility index (Phi) is 2.77. The number of nitrogens with two attached hydrogens (primary N) is 1. The van der Waals surface area contributed by atoms with Crippen LogP contribution in [0.15, 0.2) is 12.1 Å². The summed E-state index contributed by atoms with van der Waals surface area (Å²) in [4.78, 5) is 13.5. The molecule has 1 amide bonds. The zero-order chi connectivity index (χ0) is 11.7. The number of nitrogen functional groups attached to an aromatic ring is 1. The van der Waals surface area contributed by atoms with Crippen LogP contribution >= 0.6 is 0 Å². The van der Waals surface area contributed by atoms with Crippen molar-refractivity contribution in [1.29, 1.82) is 0 Å². The minimum atomic E-state index is -1.04. The topological polar surface area (TPSA) is 46.3 Å². The van der Waals surface area contributed by atoms with E-state index in [0.29, 0.717) is 13.1 Å². The average Bonchev–Trinajstić information content (AvgIpc) is 2.75. The molecule has 2 rings (SSSR count). The molecule has 1 aliphatic rings. The van der Waals surface area contributed by atoms with Crippen molar-refractivity contribution in [1.82, 2.24) is 4.90 Å². The highest BCUT2D eigenvalue weighted by Crippen LogP contribution is 2.20. The summed E-state index contributed by atoms with van der Waals surface area (Å²) < 4.78 is 25.8. The number of carbonyl (C=O) groups is 1. The Morgan fingerprint density at radius 3 is 2.38 bits per heavy atom. The van der Waals surface area contributed by atoms with Crippen molar-refractivity contribution in [2.45, 2.75) is 12.8 Å². The second kappa shape index (κ2) is 4.08. The van der Waals surface area contributed by atoms with Gasteiger partial charge in [0.05, 0.1) is 5.56 Å². The van der Waals surface area contributed by atoms with Gasteiger partial charge >= 0.3 is 0 Å². The Labute approximate surface area is 91.8 Å². The molecule has 0 spiro atoms. The molecule has 1 fully saturated rings. The van der Waals surface area contributed by atoms with E-state index >= 15 is 0 Å². The maximum Gasteiger partial charge on any atom is 0.256 e. The van der Waals surface area contributed by atoms with Crippen LogP contribution in [0.2, 0.25) is 0 Å². The average molecular weight is 226 g/mol. The van der Waals surface area contributed by atoms with Crippen LogP contribution in [0.4, 0.5) is 14.5 Å². The van der Waals surface area contributed by atoms with Crippen molar-refractivity contribution in [3.05, 3.63) is 29.3 Å². The molecular formula is C11H12F2N2O. The molecule has 0 bridgehead atoms. The van der Waals surface area contributed by atoms with Crippen molar-refractivity contribution in [2.75, 3.05) is 18.8 Å². The number of likely N-dealkylation sites (tertiary alicyclic amines) is 1. The van der Waals surface area contributed by atoms with Gasteiger partial charge in [-0.1, -0.05) is 0 Å². The van der Waals surface area contributed by atoms with Crippen LogP contribution in [0.1, 0.15) is 23.2 Å². The molecule has 0 unspecified atom stereocenters. The minimum Gasteiger partial charge on any atom is -0.398 e. The lowest BCUT2D eigenvalue weighted by Crippen LogP contribution is -2.28. The number of rotatable bonds is 1. The van der Waals surface area contributed by atoms with Gasteiger partial charge < -0.3 is 10.6 Å². The number of hydrogen-bond donors (Lipinski definition) is 1. The smallest absolute Gasteiger partial charge is 0.256 e. The van der Waals surface area contributed by atoms with Crippen LogP contribution in [0.25, 0.3) is 0 Å². The highest BCUT2D eigenvalue weighted by atomic mass is 19.2. The summed E-state index contributed by atoms with van der Waals surface area (Å²) in [7, 11) is 0. The maximum absolute atomic E-state index is 13.0. The van der Waals surface area contributed by atoms with Crippen molar-refractivity contribution >= 4 is 11.6 Å². The van der Waals surface area contributed by atoms with Gasteiger partial charge in [-0.05, 0) is 18.9 Å². The van der Waals surface area contributed by atoms with Crippen LogP contribution in [0.3, 0.4) is 0 Å². The number of amides is 1. The Morgan fingerprint density at radius 2 is 1.75 bits per heavy atom. The fraction of sp³-hybridized carbons (Fsp3) is 0.364. The van der Waals surface area contributed by atoms with E-state index < -0.39 is 11.6 Å². The van der Waals surface area contributed by atoms with Crippen molar-refractivity contribution in [3.63, 3.8) is 0 Å². The molecule has 0 aliphatic carbocycles. The SMILES string of the molecule is Nc1cc(F)c(F)cc1C(=O)N1CCCC1. The highest BCUT2D eigenvalue weighted by Gasteiger charge is 2.22. The lowest BCUT2D eigenvalue weighted by Gasteiger charge is -2.16. The summed E-state index contributed by atoms with van der Waals surface area (Å²) in [5, 5.41) is 0. The lowest BCUT2D eigenvalue weighted by atomic mass is 10.1. The lowest BCUT2D eigenvalue weighted by molar-refractivity contribution is 0.0793. The van der Waals surface area contributed by atoms with Gasteiger partial charge in [0, 0.05) is 24.8 Å². The molecule has 1 heterocycles. The number of hydrogen-bond acceptors (Lipinski definition) is 2. The zero-order valence-corrected chi connectivity index (χ0v) is 8.67. The molecule has 2 N–H and O–H groups in total. The molecule has 0 radical (unpaired) electrons. The van der Waals surface area contributed by atoms with E-state index in [-0.39, 0.29) is 17.2 Å². The standard InChI is InChI=1S/C11H12F2N2O/c12-8-5-7(10(14)6-9(8)13)11(16)15-3-1-2-4-15/h5-6H,1-4,14H2. The summed E-state index contributed by atoms with van der Waals surface area (Å²) >= 11 is 0. The van der Waals surface area contributed by atoms with Crippen molar-refractivity contribution < 1.29 is 13.6 Å². The second-order valence-electron chi connectivity index (χ2n) is 3.85. The van der Waals surface area contributed by atoms with E-state index in [1.54, 1.807) is 4.90 Å². The monoisotopic (exact) mass is 226 g/mol. The first-order chi connectivity index (χ1) is 7.59. The first kappa shape index (κ1) is 10.9. The third-order valence-electron chi connectivity index (χ3n) is 2.72. The summed E-state index contributed by atoms with van der Waals surface area (Å²) in [6.07, 6.45) is 1.88. The quantitative estimate of drug-likeness (QED) is 0.742. The first-order valence-electron chi connectivity index (χ1n) is 5.13. The van der Waals surface area contributed by atoms with E-state index in [9.17, 15) is 13.6 Å². The van der Waals surface area contributed by atoms with Crippen LogP contribution in [-0.2, 0) is 0 Å². The van der Waals surface area contributed by atoms with E-state index in [1.165, 1.54) is 0 Å². The third kappa shape index (κ3) is 1.85. The second-order valence-corrected chi connectivity index (χ2v) is 3.85. The van der Waals surface area contributed by atoms with E-state index in [4.69, 9.17) is 5.73 Å². The van der Waals surface area contributed by atoms with Gasteiger partial charge in [-0.3, -0.25) is 4.79 Å². The van der Waals surface area contributed by atoms with Gasteiger partial charge in [-0.2, -0.15) is 0 Å². The van der Waals surface area contributed by atoms with Gasteiger partial charge in [0.25, 0.3) is 5.91 Å².